The number of nitrogens with one attached hydrogen (secondary N) is 1. The summed E-state index contributed by atoms with van der Waals surface area (Å²) >= 11 is -1.20. The summed E-state index contributed by atoms with van der Waals surface area (Å²) in [6.45, 7) is 7.56. The summed E-state index contributed by atoms with van der Waals surface area (Å²) in [4.78, 5) is 7.55. The Hall–Kier alpha value is -2.62. The van der Waals surface area contributed by atoms with Crippen molar-refractivity contribution >= 4 is 34.0 Å². The molecule has 9 heteroatoms. The van der Waals surface area contributed by atoms with Crippen LogP contribution in [0.1, 0.15) is 32.3 Å². The van der Waals surface area contributed by atoms with Crippen LogP contribution in [0.15, 0.2) is 39.6 Å². The van der Waals surface area contributed by atoms with E-state index < -0.39 is 11.2 Å². The first-order chi connectivity index (χ1) is 16.0. The highest BCUT2D eigenvalue weighted by Gasteiger charge is 2.25. The lowest BCUT2D eigenvalue weighted by molar-refractivity contribution is 0.209. The van der Waals surface area contributed by atoms with Crippen LogP contribution < -0.4 is 20.5 Å². The van der Waals surface area contributed by atoms with E-state index in [4.69, 9.17) is 19.6 Å². The Labute approximate surface area is 197 Å². The van der Waals surface area contributed by atoms with Crippen LogP contribution in [0, 0.1) is 0 Å². The molecule has 1 aromatic heterocycles. The third kappa shape index (κ3) is 5.66. The summed E-state index contributed by atoms with van der Waals surface area (Å²) in [5.74, 6) is 1.29. The molecule has 1 saturated heterocycles. The molecule has 0 bridgehead atoms. The van der Waals surface area contributed by atoms with Gasteiger partial charge in [0, 0.05) is 31.4 Å². The van der Waals surface area contributed by atoms with Crippen LogP contribution in [0.25, 0.3) is 11.1 Å². The number of anilines is 2. The second-order valence-corrected chi connectivity index (χ2v) is 9.50. The number of benzene rings is 2. The minimum atomic E-state index is -1.20. The van der Waals surface area contributed by atoms with Crippen molar-refractivity contribution in [1.29, 1.82) is 0 Å². The first-order valence-corrected chi connectivity index (χ1v) is 12.9. The van der Waals surface area contributed by atoms with E-state index >= 15 is 0 Å². The number of nitrogen functional groups attached to an aromatic ring is 1. The van der Waals surface area contributed by atoms with E-state index in [9.17, 15) is 4.55 Å². The zero-order valence-corrected chi connectivity index (χ0v) is 20.2. The third-order valence-corrected chi connectivity index (χ3v) is 6.68. The maximum absolute atomic E-state index is 12.3. The Morgan fingerprint density at radius 1 is 1.15 bits per heavy atom. The van der Waals surface area contributed by atoms with Crippen LogP contribution >= 0.6 is 0 Å². The molecular weight excluding hydrogens is 440 g/mol. The molecule has 1 aliphatic heterocycles. The fourth-order valence-electron chi connectivity index (χ4n) is 4.21. The molecule has 0 amide bonds. The van der Waals surface area contributed by atoms with E-state index in [1.54, 1.807) is 6.26 Å². The number of rotatable bonds is 9. The van der Waals surface area contributed by atoms with Gasteiger partial charge in [0.2, 0.25) is 4.90 Å². The van der Waals surface area contributed by atoms with Gasteiger partial charge in [-0.2, -0.15) is 4.98 Å². The molecule has 1 fully saturated rings. The number of aromatic nitrogens is 1. The van der Waals surface area contributed by atoms with Gasteiger partial charge in [-0.15, -0.1) is 0 Å². The monoisotopic (exact) mass is 472 g/mol. The van der Waals surface area contributed by atoms with Gasteiger partial charge < -0.3 is 29.5 Å². The lowest BCUT2D eigenvalue weighted by Gasteiger charge is -2.32. The molecule has 8 nitrogen and oxygen atoms in total. The van der Waals surface area contributed by atoms with Gasteiger partial charge in [-0.3, -0.25) is 4.90 Å². The summed E-state index contributed by atoms with van der Waals surface area (Å²) in [5.41, 5.74) is 9.10. The summed E-state index contributed by atoms with van der Waals surface area (Å²) in [7, 11) is 0. The maximum atomic E-state index is 12.3. The van der Waals surface area contributed by atoms with Crippen LogP contribution in [-0.2, 0) is 17.7 Å². The van der Waals surface area contributed by atoms with Gasteiger partial charge in [-0.1, -0.05) is 0 Å². The second kappa shape index (κ2) is 10.5. The highest BCUT2D eigenvalue weighted by molar-refractivity contribution is 7.91. The SMILES string of the molecule is CCOc1cc(CN2CCC(Nc3nc4cc(N)ccc4o3)CC2)cc(OCC)c1[S+](C)[O-]. The summed E-state index contributed by atoms with van der Waals surface area (Å²) in [6.07, 6.45) is 3.62. The van der Waals surface area contributed by atoms with E-state index in [2.05, 4.69) is 15.2 Å². The molecule has 0 aliphatic carbocycles. The predicted octanol–water partition coefficient (Wildman–Crippen LogP) is 4.02. The molecule has 0 saturated carbocycles. The minimum absolute atomic E-state index is 0.300. The highest BCUT2D eigenvalue weighted by Crippen LogP contribution is 2.36. The van der Waals surface area contributed by atoms with Crippen molar-refractivity contribution < 1.29 is 18.4 Å². The fraction of sp³-hybridized carbons (Fsp3) is 0.458. The van der Waals surface area contributed by atoms with Crippen LogP contribution in [0.4, 0.5) is 11.7 Å². The average molecular weight is 473 g/mol. The quantitative estimate of drug-likeness (QED) is 0.355. The number of hydrogen-bond acceptors (Lipinski definition) is 8. The van der Waals surface area contributed by atoms with E-state index in [1.165, 1.54) is 0 Å². The van der Waals surface area contributed by atoms with Crippen molar-refractivity contribution in [2.24, 2.45) is 0 Å². The van der Waals surface area contributed by atoms with Crippen molar-refractivity contribution in [3.8, 4) is 11.5 Å². The largest absolute Gasteiger partial charge is 0.611 e. The van der Waals surface area contributed by atoms with Gasteiger partial charge >= 0.3 is 0 Å². The Kier molecular flexibility index (Phi) is 7.52. The first kappa shape index (κ1) is 23.5. The zero-order chi connectivity index (χ0) is 23.4. The third-order valence-electron chi connectivity index (χ3n) is 5.70. The number of ether oxygens (including phenoxy) is 2. The highest BCUT2D eigenvalue weighted by atomic mass is 32.2. The molecule has 178 valence electrons. The number of oxazole rings is 1. The molecule has 33 heavy (non-hydrogen) atoms. The lowest BCUT2D eigenvalue weighted by Crippen LogP contribution is -2.38. The number of hydrogen-bond donors (Lipinski definition) is 2. The molecule has 3 aromatic rings. The normalized spacial score (nSPS) is 16.1. The maximum Gasteiger partial charge on any atom is 0.295 e. The summed E-state index contributed by atoms with van der Waals surface area (Å²) in [5, 5.41) is 3.43. The van der Waals surface area contributed by atoms with Crippen LogP contribution in [-0.4, -0.2) is 53.0 Å². The molecule has 4 rings (SSSR count). The Bertz CT molecular complexity index is 1050. The molecule has 1 atom stereocenters. The van der Waals surface area contributed by atoms with E-state index in [1.807, 2.05) is 44.2 Å². The summed E-state index contributed by atoms with van der Waals surface area (Å²) in [6, 6.07) is 10.3. The van der Waals surface area contributed by atoms with Gasteiger partial charge in [-0.05, 0) is 73.8 Å². The standard InChI is InChI=1S/C24H32N4O4S/c1-4-30-21-12-16(13-22(31-5-2)23(21)33(3)29)15-28-10-8-18(9-11-28)26-24-27-19-14-17(25)6-7-20(19)32-24/h6-7,12-14,18H,4-5,8-11,15,25H2,1-3H3,(H,26,27). The van der Waals surface area contributed by atoms with Gasteiger partial charge in [0.1, 0.15) is 11.8 Å². The number of fused-ring (bicyclic) bond motifs is 1. The van der Waals surface area contributed by atoms with Crippen LogP contribution in [0.5, 0.6) is 11.5 Å². The number of nitrogens with zero attached hydrogens (tertiary/aromatic N) is 2. The van der Waals surface area contributed by atoms with Crippen molar-refractivity contribution in [3.63, 3.8) is 0 Å². The van der Waals surface area contributed by atoms with Crippen LogP contribution in [0.3, 0.4) is 0 Å². The zero-order valence-electron chi connectivity index (χ0n) is 19.4. The van der Waals surface area contributed by atoms with Crippen molar-refractivity contribution in [3.05, 3.63) is 35.9 Å². The lowest BCUT2D eigenvalue weighted by atomic mass is 10.0. The van der Waals surface area contributed by atoms with Crippen molar-refractivity contribution in [2.45, 2.75) is 44.2 Å². The van der Waals surface area contributed by atoms with E-state index in [-0.39, 0.29) is 0 Å². The molecule has 2 aromatic carbocycles. The Morgan fingerprint density at radius 2 is 1.82 bits per heavy atom. The molecule has 3 N–H and O–H groups in total. The smallest absolute Gasteiger partial charge is 0.295 e. The summed E-state index contributed by atoms with van der Waals surface area (Å²) < 4.78 is 29.7. The van der Waals surface area contributed by atoms with Crippen LogP contribution in [0.2, 0.25) is 0 Å². The molecule has 0 spiro atoms. The molecular formula is C24H32N4O4S. The predicted molar refractivity (Wildman–Crippen MR) is 131 cm³/mol. The molecule has 2 heterocycles. The number of piperidine rings is 1. The molecule has 0 radical (unpaired) electrons. The van der Waals surface area contributed by atoms with Gasteiger partial charge in [0.25, 0.3) is 6.01 Å². The Balaban J connectivity index is 1.39. The molecule has 1 unspecified atom stereocenters. The van der Waals surface area contributed by atoms with Crippen molar-refractivity contribution in [2.75, 3.05) is 43.6 Å². The fourth-order valence-corrected chi connectivity index (χ4v) is 5.01. The van der Waals surface area contributed by atoms with Crippen molar-refractivity contribution in [1.82, 2.24) is 9.88 Å². The molecule has 1 aliphatic rings. The minimum Gasteiger partial charge on any atom is -0.611 e. The number of likely N-dealkylation sites (tertiary alicyclic amines) is 1. The van der Waals surface area contributed by atoms with Gasteiger partial charge in [0.05, 0.1) is 13.2 Å². The average Bonchev–Trinajstić information content (AvgIpc) is 3.16. The van der Waals surface area contributed by atoms with Gasteiger partial charge in [0.15, 0.2) is 17.1 Å². The first-order valence-electron chi connectivity index (χ1n) is 11.4. The second-order valence-electron chi connectivity index (χ2n) is 8.18. The number of nitrogens with two attached hydrogens (primary N) is 1. The Morgan fingerprint density at radius 3 is 2.42 bits per heavy atom. The van der Waals surface area contributed by atoms with E-state index in [0.29, 0.717) is 47.4 Å². The van der Waals surface area contributed by atoms with E-state index in [0.717, 1.165) is 49.1 Å². The topological polar surface area (TPSA) is 109 Å². The van der Waals surface area contributed by atoms with Gasteiger partial charge in [-0.25, -0.2) is 0 Å².